The van der Waals surface area contributed by atoms with Crippen molar-refractivity contribution in [3.05, 3.63) is 0 Å². The summed E-state index contributed by atoms with van der Waals surface area (Å²) in [5.41, 5.74) is 0. The topological polar surface area (TPSA) is 52.5 Å². The fraction of sp³-hybridized carbons (Fsp3) is 1.00. The molecule has 0 amide bonds. The van der Waals surface area contributed by atoms with Crippen LogP contribution in [0.4, 0.5) is 0 Å². The van der Waals surface area contributed by atoms with E-state index >= 15 is 0 Å². The number of rotatable bonds is 1. The Morgan fingerprint density at radius 1 is 1.44 bits per heavy atom. The molecular weight excluding hydrogens is 118 g/mol. The highest BCUT2D eigenvalue weighted by molar-refractivity contribution is 4.74. The van der Waals surface area contributed by atoms with Gasteiger partial charge in [-0.15, -0.1) is 0 Å². The minimum Gasteiger partial charge on any atom is -0.396 e. The van der Waals surface area contributed by atoms with E-state index in [0.717, 1.165) is 13.0 Å². The Morgan fingerprint density at radius 3 is 2.67 bits per heavy atom. The molecular formula is C6H13NO2. The monoisotopic (exact) mass is 131 g/mol. The highest BCUT2D eigenvalue weighted by Crippen LogP contribution is 2.08. The van der Waals surface area contributed by atoms with Crippen LogP contribution < -0.4 is 5.32 Å². The highest BCUT2D eigenvalue weighted by Gasteiger charge is 2.17. The van der Waals surface area contributed by atoms with Crippen LogP contribution >= 0.6 is 0 Å². The van der Waals surface area contributed by atoms with Crippen LogP contribution in [0.3, 0.4) is 0 Å². The summed E-state index contributed by atoms with van der Waals surface area (Å²) in [5.74, 6) is 0.258. The number of piperidine rings is 1. The van der Waals surface area contributed by atoms with Crippen molar-refractivity contribution in [1.29, 1.82) is 0 Å². The summed E-state index contributed by atoms with van der Waals surface area (Å²) in [4.78, 5) is 0. The number of hydrogen-bond acceptors (Lipinski definition) is 3. The van der Waals surface area contributed by atoms with Crippen LogP contribution in [-0.2, 0) is 0 Å². The maximum Gasteiger partial charge on any atom is 0.0668 e. The van der Waals surface area contributed by atoms with Crippen molar-refractivity contribution in [3.63, 3.8) is 0 Å². The summed E-state index contributed by atoms with van der Waals surface area (Å²) in [7, 11) is 0. The van der Waals surface area contributed by atoms with Crippen molar-refractivity contribution in [2.75, 3.05) is 19.7 Å². The lowest BCUT2D eigenvalue weighted by Gasteiger charge is -2.24. The molecule has 0 aromatic carbocycles. The smallest absolute Gasteiger partial charge is 0.0668 e. The van der Waals surface area contributed by atoms with Gasteiger partial charge in [-0.05, 0) is 12.3 Å². The molecule has 2 atom stereocenters. The molecule has 0 bridgehead atoms. The first kappa shape index (κ1) is 6.99. The molecule has 0 aliphatic carbocycles. The summed E-state index contributed by atoms with van der Waals surface area (Å²) in [6.07, 6.45) is 0.486. The Morgan fingerprint density at radius 2 is 2.22 bits per heavy atom. The van der Waals surface area contributed by atoms with Gasteiger partial charge in [-0.1, -0.05) is 0 Å². The third-order valence-electron chi connectivity index (χ3n) is 1.68. The zero-order valence-corrected chi connectivity index (χ0v) is 5.38. The number of β-amino-alcohol motifs (C(OH)–C–C–N with tert-alkyl or cyclic N) is 1. The number of aliphatic hydroxyl groups is 2. The molecule has 3 N–H and O–H groups in total. The Bertz CT molecular complexity index is 87.1. The predicted octanol–water partition coefficient (Wildman–Crippen LogP) is -1.05. The van der Waals surface area contributed by atoms with Gasteiger partial charge < -0.3 is 15.5 Å². The molecule has 1 unspecified atom stereocenters. The zero-order valence-electron chi connectivity index (χ0n) is 5.38. The second-order valence-electron chi connectivity index (χ2n) is 2.60. The molecule has 1 aliphatic heterocycles. The van der Waals surface area contributed by atoms with E-state index in [4.69, 9.17) is 10.2 Å². The molecule has 0 aromatic rings. The third-order valence-corrected chi connectivity index (χ3v) is 1.68. The van der Waals surface area contributed by atoms with Crippen LogP contribution in [0.2, 0.25) is 0 Å². The molecule has 0 radical (unpaired) electrons. The van der Waals surface area contributed by atoms with E-state index in [0.29, 0.717) is 6.54 Å². The van der Waals surface area contributed by atoms with Crippen molar-refractivity contribution < 1.29 is 10.2 Å². The van der Waals surface area contributed by atoms with Crippen LogP contribution in [0.1, 0.15) is 6.42 Å². The molecule has 0 spiro atoms. The van der Waals surface area contributed by atoms with Crippen molar-refractivity contribution in [1.82, 2.24) is 5.32 Å². The molecule has 9 heavy (non-hydrogen) atoms. The minimum absolute atomic E-state index is 0.185. The van der Waals surface area contributed by atoms with E-state index in [2.05, 4.69) is 5.32 Å². The Hall–Kier alpha value is -0.120. The first-order valence-electron chi connectivity index (χ1n) is 3.32. The second kappa shape index (κ2) is 3.15. The van der Waals surface area contributed by atoms with Gasteiger partial charge >= 0.3 is 0 Å². The highest BCUT2D eigenvalue weighted by atomic mass is 16.3. The summed E-state index contributed by atoms with van der Waals surface area (Å²) >= 11 is 0. The van der Waals surface area contributed by atoms with Crippen LogP contribution in [-0.4, -0.2) is 36.0 Å². The quantitative estimate of drug-likeness (QED) is 0.425. The van der Waals surface area contributed by atoms with Crippen molar-refractivity contribution in [2.24, 2.45) is 5.92 Å². The molecule has 1 rings (SSSR count). The van der Waals surface area contributed by atoms with E-state index in [1.165, 1.54) is 0 Å². The fourth-order valence-corrected chi connectivity index (χ4v) is 1.14. The molecule has 1 fully saturated rings. The van der Waals surface area contributed by atoms with Gasteiger partial charge in [-0.2, -0.15) is 0 Å². The molecule has 1 aliphatic rings. The van der Waals surface area contributed by atoms with E-state index in [-0.39, 0.29) is 18.6 Å². The Kier molecular flexibility index (Phi) is 2.45. The molecule has 3 heteroatoms. The average Bonchev–Trinajstić information content (AvgIpc) is 1.88. The third kappa shape index (κ3) is 1.93. The van der Waals surface area contributed by atoms with Crippen LogP contribution in [0.15, 0.2) is 0 Å². The standard InChI is InChI=1S/C6H13NO2/c8-4-5-1-6(9)3-7-2-5/h5-9H,1-4H2/t5?,6-/m0/s1. The number of hydrogen-bond donors (Lipinski definition) is 3. The molecule has 3 nitrogen and oxygen atoms in total. The van der Waals surface area contributed by atoms with Gasteiger partial charge in [-0.3, -0.25) is 0 Å². The van der Waals surface area contributed by atoms with E-state index in [1.807, 2.05) is 0 Å². The SMILES string of the molecule is OCC1CNC[C@@H](O)C1. The zero-order chi connectivity index (χ0) is 6.69. The van der Waals surface area contributed by atoms with Gasteiger partial charge in [0.05, 0.1) is 6.10 Å². The minimum atomic E-state index is -0.254. The van der Waals surface area contributed by atoms with Crippen LogP contribution in [0, 0.1) is 5.92 Å². The van der Waals surface area contributed by atoms with Crippen molar-refractivity contribution in [2.45, 2.75) is 12.5 Å². The van der Waals surface area contributed by atoms with Gasteiger partial charge in [0.15, 0.2) is 0 Å². The van der Waals surface area contributed by atoms with Gasteiger partial charge in [0.2, 0.25) is 0 Å². The fourth-order valence-electron chi connectivity index (χ4n) is 1.14. The van der Waals surface area contributed by atoms with Crippen LogP contribution in [0.25, 0.3) is 0 Å². The van der Waals surface area contributed by atoms with Crippen molar-refractivity contribution >= 4 is 0 Å². The normalized spacial score (nSPS) is 36.7. The van der Waals surface area contributed by atoms with Gasteiger partial charge in [-0.25, -0.2) is 0 Å². The van der Waals surface area contributed by atoms with E-state index in [1.54, 1.807) is 0 Å². The summed E-state index contributed by atoms with van der Waals surface area (Å²) in [6, 6.07) is 0. The van der Waals surface area contributed by atoms with E-state index < -0.39 is 0 Å². The first-order valence-corrected chi connectivity index (χ1v) is 3.32. The lowest BCUT2D eigenvalue weighted by atomic mass is 9.99. The van der Waals surface area contributed by atoms with Crippen molar-refractivity contribution in [3.8, 4) is 0 Å². The number of aliphatic hydroxyl groups excluding tert-OH is 2. The Balaban J connectivity index is 2.23. The summed E-state index contributed by atoms with van der Waals surface area (Å²) < 4.78 is 0. The molecule has 54 valence electrons. The van der Waals surface area contributed by atoms with Gasteiger partial charge in [0, 0.05) is 19.7 Å². The lowest BCUT2D eigenvalue weighted by molar-refractivity contribution is 0.0879. The van der Waals surface area contributed by atoms with Crippen LogP contribution in [0.5, 0.6) is 0 Å². The van der Waals surface area contributed by atoms with Gasteiger partial charge in [0.1, 0.15) is 0 Å². The molecule has 0 aromatic heterocycles. The Labute approximate surface area is 54.7 Å². The second-order valence-corrected chi connectivity index (χ2v) is 2.60. The largest absolute Gasteiger partial charge is 0.396 e. The molecule has 1 heterocycles. The lowest BCUT2D eigenvalue weighted by Crippen LogP contribution is -2.40. The van der Waals surface area contributed by atoms with E-state index in [9.17, 15) is 0 Å². The first-order chi connectivity index (χ1) is 4.33. The van der Waals surface area contributed by atoms with Gasteiger partial charge in [0.25, 0.3) is 0 Å². The average molecular weight is 131 g/mol. The maximum absolute atomic E-state index is 9.04. The molecule has 1 saturated heterocycles. The summed E-state index contributed by atoms with van der Waals surface area (Å²) in [6.45, 7) is 1.70. The molecule has 0 saturated carbocycles. The predicted molar refractivity (Wildman–Crippen MR) is 34.1 cm³/mol. The number of nitrogens with one attached hydrogen (secondary N) is 1. The summed E-state index contributed by atoms with van der Waals surface area (Å²) in [5, 5.41) is 20.7. The maximum atomic E-state index is 9.04.